The van der Waals surface area contributed by atoms with Crippen LogP contribution in [0.15, 0.2) is 66.9 Å². The van der Waals surface area contributed by atoms with Crippen LogP contribution in [0, 0.1) is 5.92 Å². The molecule has 1 saturated heterocycles. The van der Waals surface area contributed by atoms with E-state index >= 15 is 0 Å². The van der Waals surface area contributed by atoms with Gasteiger partial charge >= 0.3 is 5.97 Å². The fraction of sp³-hybridized carbons (Fsp3) is 0.364. The number of carbonyl (C=O) groups is 2. The standard InChI is InChI=1S/C33H37N3O5/c1-4-40-28-10-6-8-24(20-28)25-13-17-30-34-32(23-11-14-27(39-3)15-12-23)29(36(30)22-25)16-18-31(37)35-19-7-9-26(21-35)33(38)41-5-2/h6,8,10-15,17,20,22,26H,4-5,7,9,16,18-19,21H2,1-3H3. The van der Waals surface area contributed by atoms with Crippen molar-refractivity contribution in [3.8, 4) is 33.9 Å². The van der Waals surface area contributed by atoms with E-state index in [2.05, 4.69) is 22.7 Å². The number of fused-ring (bicyclic) bond motifs is 1. The number of esters is 1. The molecule has 1 atom stereocenters. The molecule has 214 valence electrons. The second-order valence-electron chi connectivity index (χ2n) is 10.2. The van der Waals surface area contributed by atoms with E-state index in [9.17, 15) is 9.59 Å². The van der Waals surface area contributed by atoms with Crippen molar-refractivity contribution in [2.24, 2.45) is 5.92 Å². The molecule has 2 aromatic carbocycles. The Bertz CT molecular complexity index is 1510. The number of methoxy groups -OCH3 is 1. The third-order valence-corrected chi connectivity index (χ3v) is 7.53. The van der Waals surface area contributed by atoms with E-state index in [0.29, 0.717) is 39.1 Å². The Morgan fingerprint density at radius 2 is 1.76 bits per heavy atom. The van der Waals surface area contributed by atoms with E-state index < -0.39 is 0 Å². The first-order valence-electron chi connectivity index (χ1n) is 14.3. The van der Waals surface area contributed by atoms with E-state index in [1.807, 2.05) is 60.4 Å². The Balaban J connectivity index is 1.46. The van der Waals surface area contributed by atoms with Crippen LogP contribution in [0.4, 0.5) is 0 Å². The van der Waals surface area contributed by atoms with Crippen molar-refractivity contribution in [2.45, 2.75) is 39.5 Å². The zero-order valence-electron chi connectivity index (χ0n) is 24.0. The minimum Gasteiger partial charge on any atom is -0.497 e. The number of aromatic nitrogens is 2. The van der Waals surface area contributed by atoms with Crippen LogP contribution in [0.25, 0.3) is 28.0 Å². The Hall–Kier alpha value is -4.33. The molecule has 1 unspecified atom stereocenters. The number of hydrogen-bond donors (Lipinski definition) is 0. The van der Waals surface area contributed by atoms with Crippen LogP contribution in [-0.2, 0) is 20.7 Å². The summed E-state index contributed by atoms with van der Waals surface area (Å²) >= 11 is 0. The van der Waals surface area contributed by atoms with Crippen LogP contribution in [-0.4, -0.2) is 59.6 Å². The van der Waals surface area contributed by atoms with Gasteiger partial charge in [-0.25, -0.2) is 4.98 Å². The van der Waals surface area contributed by atoms with Gasteiger partial charge in [0.05, 0.1) is 37.6 Å². The van der Waals surface area contributed by atoms with Gasteiger partial charge in [0.2, 0.25) is 5.91 Å². The molecule has 1 aliphatic heterocycles. The van der Waals surface area contributed by atoms with Crippen LogP contribution in [0.3, 0.4) is 0 Å². The first-order chi connectivity index (χ1) is 20.0. The van der Waals surface area contributed by atoms with E-state index in [0.717, 1.165) is 58.1 Å². The molecule has 0 spiro atoms. The van der Waals surface area contributed by atoms with Crippen molar-refractivity contribution < 1.29 is 23.8 Å². The number of benzene rings is 2. The van der Waals surface area contributed by atoms with E-state index in [4.69, 9.17) is 19.2 Å². The molecule has 0 N–H and O–H groups in total. The Labute approximate surface area is 240 Å². The summed E-state index contributed by atoms with van der Waals surface area (Å²) < 4.78 is 18.4. The summed E-state index contributed by atoms with van der Waals surface area (Å²) in [6, 6.07) is 19.9. The van der Waals surface area contributed by atoms with Gasteiger partial charge in [0, 0.05) is 31.3 Å². The molecule has 0 bridgehead atoms. The van der Waals surface area contributed by atoms with Gasteiger partial charge in [-0.15, -0.1) is 0 Å². The molecule has 0 saturated carbocycles. The predicted molar refractivity (Wildman–Crippen MR) is 158 cm³/mol. The fourth-order valence-corrected chi connectivity index (χ4v) is 5.45. The molecular formula is C33H37N3O5. The van der Waals surface area contributed by atoms with Crippen LogP contribution in [0.1, 0.15) is 38.8 Å². The zero-order valence-corrected chi connectivity index (χ0v) is 24.0. The smallest absolute Gasteiger partial charge is 0.310 e. The molecule has 0 radical (unpaired) electrons. The quantitative estimate of drug-likeness (QED) is 0.230. The van der Waals surface area contributed by atoms with Crippen molar-refractivity contribution in [1.29, 1.82) is 0 Å². The predicted octanol–water partition coefficient (Wildman–Crippen LogP) is 5.81. The third-order valence-electron chi connectivity index (χ3n) is 7.53. The van der Waals surface area contributed by atoms with Crippen molar-refractivity contribution in [2.75, 3.05) is 33.4 Å². The summed E-state index contributed by atoms with van der Waals surface area (Å²) in [6.07, 6.45) is 4.45. The normalized spacial score (nSPS) is 15.1. The second kappa shape index (κ2) is 12.9. The van der Waals surface area contributed by atoms with Crippen LogP contribution in [0.5, 0.6) is 11.5 Å². The summed E-state index contributed by atoms with van der Waals surface area (Å²) in [7, 11) is 1.64. The average molecular weight is 556 g/mol. The number of pyridine rings is 1. The molecule has 41 heavy (non-hydrogen) atoms. The van der Waals surface area contributed by atoms with Gasteiger partial charge < -0.3 is 23.5 Å². The lowest BCUT2D eigenvalue weighted by atomic mass is 9.97. The number of imidazole rings is 1. The van der Waals surface area contributed by atoms with Gasteiger partial charge in [-0.1, -0.05) is 12.1 Å². The van der Waals surface area contributed by atoms with Crippen LogP contribution >= 0.6 is 0 Å². The first-order valence-corrected chi connectivity index (χ1v) is 14.3. The topological polar surface area (TPSA) is 82.4 Å². The second-order valence-corrected chi connectivity index (χ2v) is 10.2. The number of aryl methyl sites for hydroxylation is 1. The number of ether oxygens (including phenoxy) is 3. The summed E-state index contributed by atoms with van der Waals surface area (Å²) in [5.74, 6) is 1.16. The molecule has 3 heterocycles. The minimum absolute atomic E-state index is 0.0372. The average Bonchev–Trinajstić information content (AvgIpc) is 3.38. The monoisotopic (exact) mass is 555 g/mol. The van der Waals surface area contributed by atoms with Crippen LogP contribution in [0.2, 0.25) is 0 Å². The lowest BCUT2D eigenvalue weighted by Crippen LogP contribution is -2.42. The van der Waals surface area contributed by atoms with Crippen LogP contribution < -0.4 is 9.47 Å². The maximum absolute atomic E-state index is 13.4. The lowest BCUT2D eigenvalue weighted by Gasteiger charge is -2.31. The fourth-order valence-electron chi connectivity index (χ4n) is 5.45. The highest BCUT2D eigenvalue weighted by molar-refractivity contribution is 5.79. The number of carbonyl (C=O) groups excluding carboxylic acids is 2. The van der Waals surface area contributed by atoms with Gasteiger partial charge in [0.15, 0.2) is 0 Å². The number of likely N-dealkylation sites (tertiary alicyclic amines) is 1. The zero-order chi connectivity index (χ0) is 28.8. The van der Waals surface area contributed by atoms with Crippen molar-refractivity contribution in [1.82, 2.24) is 14.3 Å². The van der Waals surface area contributed by atoms with Gasteiger partial charge in [-0.2, -0.15) is 0 Å². The SMILES string of the molecule is CCOC(=O)C1CCCN(C(=O)CCc2c(-c3ccc(OC)cc3)nc3ccc(-c4cccc(OCC)c4)cn23)C1. The number of hydrogen-bond acceptors (Lipinski definition) is 6. The number of piperidine rings is 1. The van der Waals surface area contributed by atoms with Crippen molar-refractivity contribution in [3.05, 3.63) is 72.6 Å². The van der Waals surface area contributed by atoms with E-state index in [1.165, 1.54) is 0 Å². The lowest BCUT2D eigenvalue weighted by molar-refractivity contribution is -0.151. The van der Waals surface area contributed by atoms with Gasteiger partial charge in [-0.05, 0) is 92.8 Å². The van der Waals surface area contributed by atoms with Gasteiger partial charge in [0.25, 0.3) is 0 Å². The minimum atomic E-state index is -0.256. The number of nitrogens with zero attached hydrogens (tertiary/aromatic N) is 3. The first kappa shape index (κ1) is 28.2. The third kappa shape index (κ3) is 6.37. The maximum atomic E-state index is 13.4. The molecule has 1 aliphatic rings. The summed E-state index contributed by atoms with van der Waals surface area (Å²) in [4.78, 5) is 32.5. The van der Waals surface area contributed by atoms with Crippen molar-refractivity contribution >= 4 is 17.5 Å². The highest BCUT2D eigenvalue weighted by atomic mass is 16.5. The summed E-state index contributed by atoms with van der Waals surface area (Å²) in [6.45, 7) is 5.80. The van der Waals surface area contributed by atoms with Crippen molar-refractivity contribution in [3.63, 3.8) is 0 Å². The molecular weight excluding hydrogens is 518 g/mol. The Morgan fingerprint density at radius 3 is 2.51 bits per heavy atom. The van der Waals surface area contributed by atoms with E-state index in [1.54, 1.807) is 14.0 Å². The largest absolute Gasteiger partial charge is 0.497 e. The molecule has 8 heteroatoms. The van der Waals surface area contributed by atoms with Gasteiger partial charge in [-0.3, -0.25) is 9.59 Å². The molecule has 0 aliphatic carbocycles. The Kier molecular flexibility index (Phi) is 8.87. The maximum Gasteiger partial charge on any atom is 0.310 e. The molecule has 1 fully saturated rings. The summed E-state index contributed by atoms with van der Waals surface area (Å²) in [5, 5.41) is 0. The van der Waals surface area contributed by atoms with E-state index in [-0.39, 0.29) is 17.8 Å². The highest BCUT2D eigenvalue weighted by Gasteiger charge is 2.29. The number of amides is 1. The molecule has 8 nitrogen and oxygen atoms in total. The van der Waals surface area contributed by atoms with Gasteiger partial charge in [0.1, 0.15) is 17.1 Å². The Morgan fingerprint density at radius 1 is 0.951 bits per heavy atom. The summed E-state index contributed by atoms with van der Waals surface area (Å²) in [5.41, 5.74) is 5.63. The molecule has 1 amide bonds. The molecule has 5 rings (SSSR count). The number of rotatable bonds is 10. The molecule has 4 aromatic rings. The molecule has 2 aromatic heterocycles. The highest BCUT2D eigenvalue weighted by Crippen LogP contribution is 2.31.